The molecule has 2 nitrogen and oxygen atoms in total. The van der Waals surface area contributed by atoms with Crippen LogP contribution < -0.4 is 5.63 Å². The Morgan fingerprint density at radius 2 is 1.57 bits per heavy atom. The van der Waals surface area contributed by atoms with E-state index in [2.05, 4.69) is 31.2 Å². The maximum Gasteiger partial charge on any atom is 0.344 e. The molecule has 4 aromatic rings. The van der Waals surface area contributed by atoms with Crippen LogP contribution in [0.4, 0.5) is 4.39 Å². The maximum absolute atomic E-state index is 14.4. The summed E-state index contributed by atoms with van der Waals surface area (Å²) in [5, 5.41) is 1.81. The summed E-state index contributed by atoms with van der Waals surface area (Å²) in [6, 6.07) is 17.7. The van der Waals surface area contributed by atoms with Gasteiger partial charge in [0, 0.05) is 10.8 Å². The fraction of sp³-hybridized carbons (Fsp3) is 0.240. The van der Waals surface area contributed by atoms with E-state index in [4.69, 9.17) is 4.42 Å². The quantitative estimate of drug-likeness (QED) is 0.219. The molecule has 0 atom stereocenters. The molecule has 1 heterocycles. The Hall–Kier alpha value is -2.94. The van der Waals surface area contributed by atoms with Gasteiger partial charge in [-0.05, 0) is 48.1 Å². The molecule has 3 aromatic carbocycles. The van der Waals surface area contributed by atoms with Crippen LogP contribution in [-0.2, 0) is 6.42 Å². The summed E-state index contributed by atoms with van der Waals surface area (Å²) in [7, 11) is 0. The lowest BCUT2D eigenvalue weighted by molar-refractivity contribution is 0.527. The number of rotatable bonds is 5. The van der Waals surface area contributed by atoms with Crippen LogP contribution in [0.5, 0.6) is 0 Å². The largest absolute Gasteiger partial charge is 0.419 e. The molecule has 1 aromatic heterocycles. The van der Waals surface area contributed by atoms with Crippen molar-refractivity contribution in [1.29, 1.82) is 0 Å². The van der Waals surface area contributed by atoms with Gasteiger partial charge in [0.05, 0.1) is 5.39 Å². The SMILES string of the molecule is CCCCCc1ccc(-c2ccc3c(c2)c(=O)oc2c(F)c(C)ccc23)cc1. The molecular weight excluding hydrogens is 351 g/mol. The summed E-state index contributed by atoms with van der Waals surface area (Å²) < 4.78 is 19.7. The van der Waals surface area contributed by atoms with E-state index >= 15 is 0 Å². The van der Waals surface area contributed by atoms with Crippen LogP contribution in [-0.4, -0.2) is 0 Å². The summed E-state index contributed by atoms with van der Waals surface area (Å²) in [6.07, 6.45) is 4.76. The van der Waals surface area contributed by atoms with E-state index in [1.807, 2.05) is 24.3 Å². The van der Waals surface area contributed by atoms with Gasteiger partial charge < -0.3 is 4.42 Å². The molecule has 0 aliphatic carbocycles. The van der Waals surface area contributed by atoms with Gasteiger partial charge in [-0.15, -0.1) is 0 Å². The second kappa shape index (κ2) is 7.59. The van der Waals surface area contributed by atoms with Gasteiger partial charge in [-0.2, -0.15) is 0 Å². The van der Waals surface area contributed by atoms with Crippen LogP contribution >= 0.6 is 0 Å². The minimum Gasteiger partial charge on any atom is -0.419 e. The summed E-state index contributed by atoms with van der Waals surface area (Å²) >= 11 is 0. The summed E-state index contributed by atoms with van der Waals surface area (Å²) in [5.74, 6) is -0.473. The molecule has 0 unspecified atom stereocenters. The molecule has 0 fully saturated rings. The molecule has 3 heteroatoms. The molecule has 0 radical (unpaired) electrons. The molecule has 0 N–H and O–H groups in total. The highest BCUT2D eigenvalue weighted by Gasteiger charge is 2.13. The average Bonchev–Trinajstić information content (AvgIpc) is 2.72. The van der Waals surface area contributed by atoms with Gasteiger partial charge in [0.2, 0.25) is 0 Å². The van der Waals surface area contributed by atoms with Gasteiger partial charge in [0.15, 0.2) is 11.4 Å². The van der Waals surface area contributed by atoms with Crippen molar-refractivity contribution in [3.05, 3.63) is 82.0 Å². The van der Waals surface area contributed by atoms with Crippen molar-refractivity contribution in [2.45, 2.75) is 39.5 Å². The smallest absolute Gasteiger partial charge is 0.344 e. The predicted molar refractivity (Wildman–Crippen MR) is 113 cm³/mol. The fourth-order valence-electron chi connectivity index (χ4n) is 3.68. The van der Waals surface area contributed by atoms with Gasteiger partial charge in [-0.1, -0.05) is 68.3 Å². The summed E-state index contributed by atoms with van der Waals surface area (Å²) in [5.41, 5.74) is 3.31. The lowest BCUT2D eigenvalue weighted by Crippen LogP contribution is -2.01. The average molecular weight is 374 g/mol. The van der Waals surface area contributed by atoms with E-state index in [0.29, 0.717) is 21.7 Å². The fourth-order valence-corrected chi connectivity index (χ4v) is 3.68. The highest BCUT2D eigenvalue weighted by atomic mass is 19.1. The number of halogens is 1. The summed E-state index contributed by atoms with van der Waals surface area (Å²) in [6.45, 7) is 3.87. The summed E-state index contributed by atoms with van der Waals surface area (Å²) in [4.78, 5) is 12.5. The third-order valence-corrected chi connectivity index (χ3v) is 5.37. The molecule has 142 valence electrons. The lowest BCUT2D eigenvalue weighted by Gasteiger charge is -2.08. The topological polar surface area (TPSA) is 30.2 Å². The van der Waals surface area contributed by atoms with E-state index in [0.717, 1.165) is 17.5 Å². The van der Waals surface area contributed by atoms with E-state index in [1.54, 1.807) is 13.0 Å². The van der Waals surface area contributed by atoms with Crippen molar-refractivity contribution in [2.24, 2.45) is 0 Å². The zero-order valence-electron chi connectivity index (χ0n) is 16.2. The normalized spacial score (nSPS) is 11.4. The molecule has 4 rings (SSSR count). The number of aryl methyl sites for hydroxylation is 2. The van der Waals surface area contributed by atoms with Crippen LogP contribution in [0, 0.1) is 12.7 Å². The van der Waals surface area contributed by atoms with Crippen LogP contribution in [0.25, 0.3) is 32.9 Å². The second-order valence-corrected chi connectivity index (χ2v) is 7.38. The Morgan fingerprint density at radius 3 is 2.32 bits per heavy atom. The van der Waals surface area contributed by atoms with Gasteiger partial charge in [0.25, 0.3) is 0 Å². The number of hydrogen-bond acceptors (Lipinski definition) is 2. The zero-order chi connectivity index (χ0) is 19.7. The van der Waals surface area contributed by atoms with Crippen LogP contribution in [0.3, 0.4) is 0 Å². The minimum atomic E-state index is -0.509. The van der Waals surface area contributed by atoms with Crippen molar-refractivity contribution < 1.29 is 8.81 Å². The first-order valence-electron chi connectivity index (χ1n) is 9.83. The van der Waals surface area contributed by atoms with Crippen molar-refractivity contribution in [3.63, 3.8) is 0 Å². The van der Waals surface area contributed by atoms with E-state index in [1.165, 1.54) is 24.8 Å². The molecule has 0 spiro atoms. The first-order chi connectivity index (χ1) is 13.6. The van der Waals surface area contributed by atoms with E-state index in [9.17, 15) is 9.18 Å². The van der Waals surface area contributed by atoms with Crippen LogP contribution in [0.1, 0.15) is 37.3 Å². The van der Waals surface area contributed by atoms with Crippen LogP contribution in [0.15, 0.2) is 63.8 Å². The molecule has 0 aliphatic heterocycles. The molecule has 0 saturated carbocycles. The number of hydrogen-bond donors (Lipinski definition) is 0. The Kier molecular flexibility index (Phi) is 4.99. The Bertz CT molecular complexity index is 1200. The number of fused-ring (bicyclic) bond motifs is 3. The Morgan fingerprint density at radius 1 is 0.857 bits per heavy atom. The van der Waals surface area contributed by atoms with E-state index in [-0.39, 0.29) is 5.58 Å². The first kappa shape index (κ1) is 18.4. The van der Waals surface area contributed by atoms with Gasteiger partial charge in [-0.3, -0.25) is 0 Å². The van der Waals surface area contributed by atoms with Crippen molar-refractivity contribution in [1.82, 2.24) is 0 Å². The van der Waals surface area contributed by atoms with Gasteiger partial charge in [0.1, 0.15) is 0 Å². The van der Waals surface area contributed by atoms with Crippen molar-refractivity contribution in [3.8, 4) is 11.1 Å². The number of unbranched alkanes of at least 4 members (excludes halogenated alkanes) is 2. The maximum atomic E-state index is 14.4. The Labute approximate surface area is 163 Å². The highest BCUT2D eigenvalue weighted by molar-refractivity contribution is 6.05. The van der Waals surface area contributed by atoms with Crippen molar-refractivity contribution in [2.75, 3.05) is 0 Å². The molecule has 0 bridgehead atoms. The predicted octanol–water partition coefficient (Wildman–Crippen LogP) is 6.79. The zero-order valence-corrected chi connectivity index (χ0v) is 16.2. The number of benzene rings is 3. The van der Waals surface area contributed by atoms with Gasteiger partial charge >= 0.3 is 5.63 Å². The second-order valence-electron chi connectivity index (χ2n) is 7.38. The minimum absolute atomic E-state index is 0.0293. The standard InChI is InChI=1S/C25H23FO2/c1-3-4-5-6-17-8-10-18(11-9-17)19-12-14-20-21-13-7-16(2)23(26)24(21)28-25(27)22(20)15-19/h7-15H,3-6H2,1-2H3. The van der Waals surface area contributed by atoms with Crippen molar-refractivity contribution >= 4 is 21.7 Å². The lowest BCUT2D eigenvalue weighted by atomic mass is 9.98. The van der Waals surface area contributed by atoms with E-state index < -0.39 is 11.4 Å². The molecular formula is C25H23FO2. The van der Waals surface area contributed by atoms with Gasteiger partial charge in [-0.25, -0.2) is 9.18 Å². The van der Waals surface area contributed by atoms with Crippen LogP contribution in [0.2, 0.25) is 0 Å². The first-order valence-corrected chi connectivity index (χ1v) is 9.83. The molecule has 0 saturated heterocycles. The molecule has 0 aliphatic rings. The third-order valence-electron chi connectivity index (χ3n) is 5.37. The Balaban J connectivity index is 1.76. The molecule has 0 amide bonds. The third kappa shape index (κ3) is 3.33. The highest BCUT2D eigenvalue weighted by Crippen LogP contribution is 2.30. The molecule has 28 heavy (non-hydrogen) atoms. The monoisotopic (exact) mass is 374 g/mol.